The summed E-state index contributed by atoms with van der Waals surface area (Å²) in [6.45, 7) is 6.62. The number of aliphatic hydroxyl groups is 1. The second-order valence-electron chi connectivity index (χ2n) is 5.62. The molecule has 0 bridgehead atoms. The van der Waals surface area contributed by atoms with Crippen molar-refractivity contribution in [2.45, 2.75) is 50.3 Å². The van der Waals surface area contributed by atoms with Crippen LogP contribution in [-0.4, -0.2) is 72.1 Å². The molecule has 1 saturated heterocycles. The van der Waals surface area contributed by atoms with E-state index in [0.717, 1.165) is 0 Å². The number of aliphatic hydroxyl groups excluding tert-OH is 1. The van der Waals surface area contributed by atoms with Crippen LogP contribution in [0.3, 0.4) is 0 Å². The van der Waals surface area contributed by atoms with Crippen molar-refractivity contribution in [3.63, 3.8) is 0 Å². The van der Waals surface area contributed by atoms with E-state index in [-0.39, 0.29) is 18.3 Å². The fraction of sp³-hybridized carbons (Fsp3) is 1.00. The lowest BCUT2D eigenvalue weighted by atomic mass is 9.99. The molecule has 5 atom stereocenters. The zero-order valence-electron chi connectivity index (χ0n) is 12.6. The third kappa shape index (κ3) is 4.49. The van der Waals surface area contributed by atoms with Crippen molar-refractivity contribution in [1.29, 1.82) is 0 Å². The highest BCUT2D eigenvalue weighted by molar-refractivity contribution is 6.69. The number of hydrogen-bond acceptors (Lipinski definition) is 6. The molecule has 0 aromatic rings. The van der Waals surface area contributed by atoms with E-state index in [4.69, 9.17) is 23.4 Å². The highest BCUT2D eigenvalue weighted by atomic mass is 28.4. The van der Waals surface area contributed by atoms with Gasteiger partial charge in [0.2, 0.25) is 0 Å². The Morgan fingerprint density at radius 2 is 1.58 bits per heavy atom. The molecule has 0 amide bonds. The minimum atomic E-state index is -1.79. The maximum atomic E-state index is 9.96. The first kappa shape index (κ1) is 17.0. The monoisotopic (exact) mass is 294 g/mol. The van der Waals surface area contributed by atoms with Gasteiger partial charge >= 0.3 is 0 Å². The van der Waals surface area contributed by atoms with Gasteiger partial charge in [0.15, 0.2) is 14.6 Å². The molecule has 1 rings (SSSR count). The fourth-order valence-electron chi connectivity index (χ4n) is 2.26. The van der Waals surface area contributed by atoms with Crippen molar-refractivity contribution in [3.05, 3.63) is 0 Å². The normalized spacial score (nSPS) is 36.5. The van der Waals surface area contributed by atoms with Gasteiger partial charge in [-0.2, -0.15) is 0 Å². The molecule has 1 heterocycles. The molecule has 7 heteroatoms. The topological polar surface area (TPSA) is 66.4 Å². The first-order chi connectivity index (χ1) is 8.84. The standard InChI is InChI=1S/C12H26O6Si/c1-14-7-8-9(18-19(4,5)6)10(15-2)11(16-3)12(13)17-8/h8-13H,7H2,1-6H3/t8-,9-,10+,11-,12?/m1/s1. The lowest BCUT2D eigenvalue weighted by Crippen LogP contribution is -2.62. The molecule has 1 aliphatic rings. The summed E-state index contributed by atoms with van der Waals surface area (Å²) in [6.07, 6.45) is -2.69. The Morgan fingerprint density at radius 3 is 2.00 bits per heavy atom. The Kier molecular flexibility index (Phi) is 6.38. The Hall–Kier alpha value is -0.0231. The van der Waals surface area contributed by atoms with Gasteiger partial charge in [-0.15, -0.1) is 0 Å². The molecule has 6 nitrogen and oxygen atoms in total. The van der Waals surface area contributed by atoms with Crippen LogP contribution in [0, 0.1) is 0 Å². The summed E-state index contributed by atoms with van der Waals surface area (Å²) in [7, 11) is 2.90. The lowest BCUT2D eigenvalue weighted by molar-refractivity contribution is -0.293. The molecule has 1 N–H and O–H groups in total. The highest BCUT2D eigenvalue weighted by Crippen LogP contribution is 2.28. The first-order valence-electron chi connectivity index (χ1n) is 6.40. The van der Waals surface area contributed by atoms with Gasteiger partial charge in [0, 0.05) is 21.3 Å². The quantitative estimate of drug-likeness (QED) is 0.724. The third-order valence-electron chi connectivity index (χ3n) is 2.97. The predicted octanol–water partition coefficient (Wildman–Crippen LogP) is 0.600. The average molecular weight is 294 g/mol. The lowest BCUT2D eigenvalue weighted by Gasteiger charge is -2.45. The zero-order valence-corrected chi connectivity index (χ0v) is 13.6. The Labute approximate surface area is 116 Å². The molecule has 1 aliphatic heterocycles. The van der Waals surface area contributed by atoms with E-state index in [1.165, 1.54) is 7.11 Å². The Morgan fingerprint density at radius 1 is 1.00 bits per heavy atom. The molecule has 0 aromatic carbocycles. The average Bonchev–Trinajstić information content (AvgIpc) is 2.30. The van der Waals surface area contributed by atoms with Gasteiger partial charge in [-0.05, 0) is 19.6 Å². The molecule has 0 spiro atoms. The molecular weight excluding hydrogens is 268 g/mol. The van der Waals surface area contributed by atoms with Crippen molar-refractivity contribution in [2.24, 2.45) is 0 Å². The van der Waals surface area contributed by atoms with E-state index in [2.05, 4.69) is 19.6 Å². The van der Waals surface area contributed by atoms with Gasteiger partial charge in [-0.25, -0.2) is 0 Å². The van der Waals surface area contributed by atoms with Crippen molar-refractivity contribution in [2.75, 3.05) is 27.9 Å². The van der Waals surface area contributed by atoms with Crippen LogP contribution in [0.5, 0.6) is 0 Å². The van der Waals surface area contributed by atoms with Crippen LogP contribution in [0.1, 0.15) is 0 Å². The molecule has 1 fully saturated rings. The molecule has 0 saturated carbocycles. The van der Waals surface area contributed by atoms with Crippen LogP contribution in [-0.2, 0) is 23.4 Å². The molecule has 1 unspecified atom stereocenters. The smallest absolute Gasteiger partial charge is 0.184 e. The van der Waals surface area contributed by atoms with Crippen LogP contribution in [0.4, 0.5) is 0 Å². The largest absolute Gasteiger partial charge is 0.409 e. The van der Waals surface area contributed by atoms with Crippen LogP contribution in [0.2, 0.25) is 19.6 Å². The molecule has 0 aliphatic carbocycles. The van der Waals surface area contributed by atoms with E-state index in [1.807, 2.05) is 0 Å². The number of methoxy groups -OCH3 is 3. The van der Waals surface area contributed by atoms with Crippen LogP contribution in [0.25, 0.3) is 0 Å². The molecule has 114 valence electrons. The van der Waals surface area contributed by atoms with Gasteiger partial charge in [0.25, 0.3) is 0 Å². The van der Waals surface area contributed by atoms with Crippen molar-refractivity contribution in [3.8, 4) is 0 Å². The minimum absolute atomic E-state index is 0.315. The third-order valence-corrected chi connectivity index (χ3v) is 3.95. The first-order valence-corrected chi connectivity index (χ1v) is 9.80. The summed E-state index contributed by atoms with van der Waals surface area (Å²) in [4.78, 5) is 0. The Bertz CT molecular complexity index is 269. The summed E-state index contributed by atoms with van der Waals surface area (Å²) in [5.41, 5.74) is 0. The second kappa shape index (κ2) is 7.12. The summed E-state index contributed by atoms with van der Waals surface area (Å²) >= 11 is 0. The van der Waals surface area contributed by atoms with Crippen LogP contribution in [0.15, 0.2) is 0 Å². The van der Waals surface area contributed by atoms with Crippen molar-refractivity contribution in [1.82, 2.24) is 0 Å². The maximum absolute atomic E-state index is 9.96. The highest BCUT2D eigenvalue weighted by Gasteiger charge is 2.48. The predicted molar refractivity (Wildman–Crippen MR) is 72.6 cm³/mol. The van der Waals surface area contributed by atoms with Crippen LogP contribution >= 0.6 is 0 Å². The van der Waals surface area contributed by atoms with Gasteiger partial charge in [0.1, 0.15) is 24.4 Å². The SMILES string of the molecule is COC[C@H]1OC(O)[C@H](OC)[C@@H](OC)[C@@H]1O[Si](C)(C)C. The summed E-state index contributed by atoms with van der Waals surface area (Å²) < 4.78 is 27.6. The molecule has 0 aromatic heterocycles. The van der Waals surface area contributed by atoms with Gasteiger partial charge in [-0.3, -0.25) is 0 Å². The number of rotatable bonds is 6. The number of hydrogen-bond donors (Lipinski definition) is 1. The van der Waals surface area contributed by atoms with Crippen molar-refractivity contribution >= 4 is 8.32 Å². The van der Waals surface area contributed by atoms with Gasteiger partial charge in [-0.1, -0.05) is 0 Å². The number of ether oxygens (including phenoxy) is 4. The van der Waals surface area contributed by atoms with E-state index in [0.29, 0.717) is 6.61 Å². The minimum Gasteiger partial charge on any atom is -0.409 e. The summed E-state index contributed by atoms with van der Waals surface area (Å²) in [6, 6.07) is 0. The van der Waals surface area contributed by atoms with Crippen LogP contribution < -0.4 is 0 Å². The molecule has 0 radical (unpaired) electrons. The Balaban J connectivity index is 2.93. The van der Waals surface area contributed by atoms with E-state index >= 15 is 0 Å². The molecule has 19 heavy (non-hydrogen) atoms. The summed E-state index contributed by atoms with van der Waals surface area (Å²) in [5, 5.41) is 9.96. The maximum Gasteiger partial charge on any atom is 0.184 e. The van der Waals surface area contributed by atoms with E-state index < -0.39 is 20.7 Å². The zero-order chi connectivity index (χ0) is 14.6. The summed E-state index contributed by atoms with van der Waals surface area (Å²) in [5.74, 6) is 0. The fourth-order valence-corrected chi connectivity index (χ4v) is 3.37. The van der Waals surface area contributed by atoms with Gasteiger partial charge in [0.05, 0.1) is 6.61 Å². The van der Waals surface area contributed by atoms with Crippen molar-refractivity contribution < 1.29 is 28.5 Å². The van der Waals surface area contributed by atoms with E-state index in [9.17, 15) is 5.11 Å². The van der Waals surface area contributed by atoms with E-state index in [1.54, 1.807) is 14.2 Å². The second-order valence-corrected chi connectivity index (χ2v) is 10.1. The molecular formula is C12H26O6Si. The van der Waals surface area contributed by atoms with Gasteiger partial charge < -0.3 is 28.5 Å².